The molecule has 1 amide bonds. The zero-order valence-corrected chi connectivity index (χ0v) is 9.96. The number of nitrogens with one attached hydrogen (secondary N) is 1. The van der Waals surface area contributed by atoms with Gasteiger partial charge in [-0.05, 0) is 25.2 Å². The molecule has 88 valence electrons. The lowest BCUT2D eigenvalue weighted by Gasteiger charge is -2.21. The molecule has 16 heavy (non-hydrogen) atoms. The van der Waals surface area contributed by atoms with Gasteiger partial charge in [-0.3, -0.25) is 4.79 Å². The third-order valence-corrected chi connectivity index (χ3v) is 3.49. The van der Waals surface area contributed by atoms with Gasteiger partial charge in [0.25, 0.3) is 0 Å². The minimum absolute atomic E-state index is 0.0708. The van der Waals surface area contributed by atoms with Gasteiger partial charge in [0.15, 0.2) is 5.13 Å². The molecule has 0 saturated carbocycles. The first-order valence-corrected chi connectivity index (χ1v) is 6.49. The predicted molar refractivity (Wildman–Crippen MR) is 63.5 cm³/mol. The van der Waals surface area contributed by atoms with Crippen molar-refractivity contribution in [3.63, 3.8) is 0 Å². The molecule has 5 heteroatoms. The van der Waals surface area contributed by atoms with Crippen LogP contribution < -0.4 is 5.32 Å². The van der Waals surface area contributed by atoms with E-state index in [0.717, 1.165) is 32.5 Å². The minimum Gasteiger partial charge on any atom is -0.381 e. The molecule has 1 N–H and O–H groups in total. The summed E-state index contributed by atoms with van der Waals surface area (Å²) in [6, 6.07) is 0. The zero-order chi connectivity index (χ0) is 11.2. The molecule has 1 aromatic heterocycles. The number of amides is 1. The van der Waals surface area contributed by atoms with E-state index < -0.39 is 0 Å². The molecule has 0 unspecified atom stereocenters. The number of ether oxygens (including phenoxy) is 1. The molecule has 1 aliphatic rings. The van der Waals surface area contributed by atoms with Gasteiger partial charge in [0, 0.05) is 31.2 Å². The Morgan fingerprint density at radius 1 is 1.56 bits per heavy atom. The molecule has 0 radical (unpaired) electrons. The van der Waals surface area contributed by atoms with Gasteiger partial charge < -0.3 is 10.1 Å². The van der Waals surface area contributed by atoms with Gasteiger partial charge in [-0.25, -0.2) is 4.98 Å². The smallest absolute Gasteiger partial charge is 0.226 e. The van der Waals surface area contributed by atoms with E-state index in [1.165, 1.54) is 11.3 Å². The van der Waals surface area contributed by atoms with Gasteiger partial charge in [0.1, 0.15) is 0 Å². The highest BCUT2D eigenvalue weighted by atomic mass is 32.1. The van der Waals surface area contributed by atoms with E-state index in [1.54, 1.807) is 6.20 Å². The Labute approximate surface area is 99.0 Å². The second-order valence-electron chi connectivity index (χ2n) is 3.98. The lowest BCUT2D eigenvalue weighted by Crippen LogP contribution is -2.18. The molecule has 0 aromatic carbocycles. The Morgan fingerprint density at radius 3 is 3.06 bits per heavy atom. The summed E-state index contributed by atoms with van der Waals surface area (Å²) in [5.41, 5.74) is 0. The Hall–Kier alpha value is -0.940. The van der Waals surface area contributed by atoms with Crippen LogP contribution in [-0.2, 0) is 9.53 Å². The number of rotatable bonds is 4. The number of aromatic nitrogens is 1. The van der Waals surface area contributed by atoms with Gasteiger partial charge in [-0.1, -0.05) is 0 Å². The summed E-state index contributed by atoms with van der Waals surface area (Å²) in [6.45, 7) is 1.69. The van der Waals surface area contributed by atoms with Crippen molar-refractivity contribution in [3.8, 4) is 0 Å². The molecule has 1 aromatic rings. The largest absolute Gasteiger partial charge is 0.381 e. The highest BCUT2D eigenvalue weighted by molar-refractivity contribution is 7.13. The average Bonchev–Trinajstić information content (AvgIpc) is 2.81. The van der Waals surface area contributed by atoms with Crippen molar-refractivity contribution < 1.29 is 9.53 Å². The summed E-state index contributed by atoms with van der Waals surface area (Å²) >= 11 is 1.45. The first-order chi connectivity index (χ1) is 7.84. The normalized spacial score (nSPS) is 17.2. The van der Waals surface area contributed by atoms with E-state index in [0.29, 0.717) is 17.5 Å². The second-order valence-corrected chi connectivity index (χ2v) is 4.87. The van der Waals surface area contributed by atoms with Crippen LogP contribution in [0.25, 0.3) is 0 Å². The van der Waals surface area contributed by atoms with Crippen LogP contribution >= 0.6 is 11.3 Å². The number of anilines is 1. The van der Waals surface area contributed by atoms with Crippen LogP contribution in [0.15, 0.2) is 11.6 Å². The maximum absolute atomic E-state index is 11.6. The Bertz CT molecular complexity index is 321. The molecule has 0 aliphatic carbocycles. The summed E-state index contributed by atoms with van der Waals surface area (Å²) in [6.07, 6.45) is 5.42. The van der Waals surface area contributed by atoms with Crippen molar-refractivity contribution in [2.75, 3.05) is 18.5 Å². The quantitative estimate of drug-likeness (QED) is 0.878. The van der Waals surface area contributed by atoms with Crippen LogP contribution in [0.4, 0.5) is 5.13 Å². The first kappa shape index (κ1) is 11.5. The molecule has 2 rings (SSSR count). The number of nitrogens with zero attached hydrogens (tertiary/aromatic N) is 1. The summed E-state index contributed by atoms with van der Waals surface area (Å²) in [5, 5.41) is 5.35. The van der Waals surface area contributed by atoms with Gasteiger partial charge in [0.05, 0.1) is 0 Å². The van der Waals surface area contributed by atoms with Crippen molar-refractivity contribution in [2.45, 2.75) is 25.7 Å². The fraction of sp³-hybridized carbons (Fsp3) is 0.636. The molecule has 1 aliphatic heterocycles. The highest BCUT2D eigenvalue weighted by Crippen LogP contribution is 2.20. The van der Waals surface area contributed by atoms with Crippen LogP contribution in [0.2, 0.25) is 0 Å². The second kappa shape index (κ2) is 5.96. The predicted octanol–water partition coefficient (Wildman–Crippen LogP) is 2.29. The molecular weight excluding hydrogens is 224 g/mol. The summed E-state index contributed by atoms with van der Waals surface area (Å²) in [4.78, 5) is 15.6. The van der Waals surface area contributed by atoms with E-state index in [-0.39, 0.29) is 5.91 Å². The number of carbonyl (C=O) groups excluding carboxylic acids is 1. The van der Waals surface area contributed by atoms with E-state index in [4.69, 9.17) is 4.74 Å². The number of carbonyl (C=O) groups is 1. The Morgan fingerprint density at radius 2 is 2.38 bits per heavy atom. The van der Waals surface area contributed by atoms with E-state index >= 15 is 0 Å². The van der Waals surface area contributed by atoms with E-state index in [1.807, 2.05) is 5.38 Å². The first-order valence-electron chi connectivity index (χ1n) is 5.61. The molecule has 0 bridgehead atoms. The standard InChI is InChI=1S/C11H16N2O2S/c14-10(13-11-12-5-8-16-11)2-1-9-3-6-15-7-4-9/h5,8-9H,1-4,6-7H2,(H,12,13,14). The van der Waals surface area contributed by atoms with Gasteiger partial charge >= 0.3 is 0 Å². The fourth-order valence-electron chi connectivity index (χ4n) is 1.84. The van der Waals surface area contributed by atoms with E-state index in [9.17, 15) is 4.79 Å². The van der Waals surface area contributed by atoms with Crippen LogP contribution in [0, 0.1) is 5.92 Å². The third kappa shape index (κ3) is 3.57. The van der Waals surface area contributed by atoms with Crippen molar-refractivity contribution in [1.82, 2.24) is 4.98 Å². The monoisotopic (exact) mass is 240 g/mol. The molecule has 0 atom stereocenters. The molecule has 1 saturated heterocycles. The maximum Gasteiger partial charge on any atom is 0.226 e. The number of hydrogen-bond donors (Lipinski definition) is 1. The zero-order valence-electron chi connectivity index (χ0n) is 9.15. The lowest BCUT2D eigenvalue weighted by atomic mass is 9.95. The molecular formula is C11H16N2O2S. The van der Waals surface area contributed by atoms with Crippen molar-refractivity contribution in [3.05, 3.63) is 11.6 Å². The van der Waals surface area contributed by atoms with Crippen LogP contribution in [0.3, 0.4) is 0 Å². The van der Waals surface area contributed by atoms with Crippen LogP contribution in [-0.4, -0.2) is 24.1 Å². The lowest BCUT2D eigenvalue weighted by molar-refractivity contribution is -0.116. The average molecular weight is 240 g/mol. The maximum atomic E-state index is 11.6. The number of hydrogen-bond acceptors (Lipinski definition) is 4. The van der Waals surface area contributed by atoms with Crippen molar-refractivity contribution >= 4 is 22.4 Å². The SMILES string of the molecule is O=C(CCC1CCOCC1)Nc1nccs1. The molecule has 2 heterocycles. The van der Waals surface area contributed by atoms with Gasteiger partial charge in [-0.15, -0.1) is 11.3 Å². The molecule has 1 fully saturated rings. The number of thiazole rings is 1. The topological polar surface area (TPSA) is 51.2 Å². The highest BCUT2D eigenvalue weighted by Gasteiger charge is 2.15. The molecule has 0 spiro atoms. The van der Waals surface area contributed by atoms with E-state index in [2.05, 4.69) is 10.3 Å². The van der Waals surface area contributed by atoms with Crippen molar-refractivity contribution in [2.24, 2.45) is 5.92 Å². The van der Waals surface area contributed by atoms with Crippen LogP contribution in [0.5, 0.6) is 0 Å². The van der Waals surface area contributed by atoms with Gasteiger partial charge in [0.2, 0.25) is 5.91 Å². The summed E-state index contributed by atoms with van der Waals surface area (Å²) in [5.74, 6) is 0.720. The Kier molecular flexibility index (Phi) is 4.30. The summed E-state index contributed by atoms with van der Waals surface area (Å²) < 4.78 is 5.28. The third-order valence-electron chi connectivity index (χ3n) is 2.80. The fourth-order valence-corrected chi connectivity index (χ4v) is 2.38. The summed E-state index contributed by atoms with van der Waals surface area (Å²) in [7, 11) is 0. The molecule has 4 nitrogen and oxygen atoms in total. The van der Waals surface area contributed by atoms with Crippen LogP contribution in [0.1, 0.15) is 25.7 Å². The van der Waals surface area contributed by atoms with Gasteiger partial charge in [-0.2, -0.15) is 0 Å². The van der Waals surface area contributed by atoms with Crippen molar-refractivity contribution in [1.29, 1.82) is 0 Å². The minimum atomic E-state index is 0.0708. The Balaban J connectivity index is 1.67.